The maximum atomic E-state index is 13.4. The van der Waals surface area contributed by atoms with Crippen LogP contribution in [0.2, 0.25) is 5.02 Å². The van der Waals surface area contributed by atoms with E-state index in [4.69, 9.17) is 20.8 Å². The highest BCUT2D eigenvalue weighted by Gasteiger charge is 2.17. The molecule has 0 spiro atoms. The van der Waals surface area contributed by atoms with Crippen molar-refractivity contribution in [2.45, 2.75) is 6.92 Å². The number of ether oxygens (including phenoxy) is 1. The molecule has 0 saturated carbocycles. The first-order chi connectivity index (χ1) is 16.8. The monoisotopic (exact) mass is 709 g/mol. The van der Waals surface area contributed by atoms with Crippen LogP contribution >= 0.6 is 56.8 Å². The molecule has 0 fully saturated rings. The Balaban J connectivity index is 1.67. The minimum absolute atomic E-state index is 0.262. The third kappa shape index (κ3) is 4.84. The van der Waals surface area contributed by atoms with E-state index in [1.54, 1.807) is 48.7 Å². The van der Waals surface area contributed by atoms with Gasteiger partial charge in [0.25, 0.3) is 5.56 Å². The number of aromatic nitrogens is 2. The van der Waals surface area contributed by atoms with Crippen molar-refractivity contribution in [3.05, 3.63) is 88.7 Å². The molecule has 2 heterocycles. The Kier molecular flexibility index (Phi) is 6.64. The molecule has 0 unspecified atom stereocenters. The Morgan fingerprint density at radius 2 is 1.86 bits per heavy atom. The molecule has 35 heavy (non-hydrogen) atoms. The molecule has 0 radical (unpaired) electrons. The van der Waals surface area contributed by atoms with Crippen LogP contribution in [0, 0.1) is 7.14 Å². The minimum Gasteiger partial charge on any atom is -0.453 e. The quantitative estimate of drug-likeness (QED) is 0.0924. The number of furan rings is 1. The number of hydrogen-bond donors (Lipinski definition) is 0. The summed E-state index contributed by atoms with van der Waals surface area (Å²) in [5, 5.41) is 6.28. The number of fused-ring (bicyclic) bond motifs is 2. The second kappa shape index (κ2) is 9.70. The molecular weight excluding hydrogens is 696 g/mol. The molecule has 10 heteroatoms. The van der Waals surface area contributed by atoms with Crippen LogP contribution < -0.4 is 10.3 Å². The van der Waals surface area contributed by atoms with Crippen molar-refractivity contribution >= 4 is 90.8 Å². The minimum atomic E-state index is -0.396. The number of rotatable bonds is 4. The van der Waals surface area contributed by atoms with E-state index in [1.807, 2.05) is 18.2 Å². The van der Waals surface area contributed by atoms with Crippen molar-refractivity contribution in [2.24, 2.45) is 5.10 Å². The highest BCUT2D eigenvalue weighted by Crippen LogP contribution is 2.30. The number of halogens is 3. The number of para-hydroxylation sites is 1. The Morgan fingerprint density at radius 1 is 1.11 bits per heavy atom. The summed E-state index contributed by atoms with van der Waals surface area (Å²) >= 11 is 10.3. The first-order valence-electron chi connectivity index (χ1n) is 10.2. The Hall–Kier alpha value is -2.77. The molecule has 0 aliphatic heterocycles. The molecule has 0 aliphatic carbocycles. The Morgan fingerprint density at radius 3 is 2.60 bits per heavy atom. The van der Waals surface area contributed by atoms with Crippen molar-refractivity contribution < 1.29 is 13.9 Å². The summed E-state index contributed by atoms with van der Waals surface area (Å²) in [6.45, 7) is 1.36. The summed E-state index contributed by atoms with van der Waals surface area (Å²) in [7, 11) is 0. The summed E-state index contributed by atoms with van der Waals surface area (Å²) in [6, 6.07) is 17.8. The van der Waals surface area contributed by atoms with Crippen LogP contribution in [0.25, 0.3) is 33.5 Å². The van der Waals surface area contributed by atoms with Crippen LogP contribution in [0.4, 0.5) is 0 Å². The fourth-order valence-corrected chi connectivity index (χ4v) is 5.75. The molecule has 174 valence electrons. The van der Waals surface area contributed by atoms with Crippen molar-refractivity contribution in [1.82, 2.24) is 9.66 Å². The lowest BCUT2D eigenvalue weighted by Crippen LogP contribution is -2.20. The summed E-state index contributed by atoms with van der Waals surface area (Å²) in [5.74, 6) is 0.740. The first-order valence-corrected chi connectivity index (χ1v) is 12.8. The third-order valence-electron chi connectivity index (χ3n) is 5.04. The highest BCUT2D eigenvalue weighted by atomic mass is 127. The summed E-state index contributed by atoms with van der Waals surface area (Å²) in [6.07, 6.45) is 1.56. The molecular formula is C25H14ClI2N3O4. The number of benzene rings is 3. The van der Waals surface area contributed by atoms with Crippen LogP contribution in [0.15, 0.2) is 75.0 Å². The molecule has 5 aromatic rings. The van der Waals surface area contributed by atoms with Crippen molar-refractivity contribution in [2.75, 3.05) is 0 Å². The van der Waals surface area contributed by atoms with Gasteiger partial charge in [0, 0.05) is 17.3 Å². The van der Waals surface area contributed by atoms with E-state index in [1.165, 1.54) is 11.6 Å². The molecule has 0 amide bonds. The lowest BCUT2D eigenvalue weighted by atomic mass is 10.2. The van der Waals surface area contributed by atoms with E-state index in [0.29, 0.717) is 33.0 Å². The van der Waals surface area contributed by atoms with E-state index < -0.39 is 5.97 Å². The SMILES string of the molecule is CC(=O)Oc1c(I)cc(C=Nn2c(-c3cc4cc(Cl)ccc4o3)nc3ccccc3c2=O)cc1I. The van der Waals surface area contributed by atoms with E-state index in [2.05, 4.69) is 55.3 Å². The fourth-order valence-electron chi connectivity index (χ4n) is 3.53. The van der Waals surface area contributed by atoms with Crippen LogP contribution in [0.1, 0.15) is 12.5 Å². The maximum Gasteiger partial charge on any atom is 0.308 e. The van der Waals surface area contributed by atoms with Gasteiger partial charge in [-0.25, -0.2) is 4.98 Å². The van der Waals surface area contributed by atoms with Gasteiger partial charge in [-0.1, -0.05) is 23.7 Å². The Bertz CT molecular complexity index is 1700. The molecule has 0 saturated heterocycles. The van der Waals surface area contributed by atoms with Gasteiger partial charge in [-0.3, -0.25) is 9.59 Å². The average Bonchev–Trinajstić information content (AvgIpc) is 3.23. The molecule has 2 aromatic heterocycles. The van der Waals surface area contributed by atoms with Gasteiger partial charge in [-0.2, -0.15) is 9.78 Å². The number of esters is 1. The standard InChI is InChI=1S/C25H14ClI2N3O4/c1-13(32)34-23-18(27)8-14(9-19(23)28)12-29-31-24(30-20-5-3-2-4-17(20)25(31)33)22-11-15-10-16(26)6-7-21(15)35-22/h2-12H,1H3. The van der Waals surface area contributed by atoms with Gasteiger partial charge in [-0.05, 0) is 99.3 Å². The maximum absolute atomic E-state index is 13.4. The summed E-state index contributed by atoms with van der Waals surface area (Å²) in [4.78, 5) is 29.5. The molecule has 7 nitrogen and oxygen atoms in total. The molecule has 0 bridgehead atoms. The molecule has 0 N–H and O–H groups in total. The van der Waals surface area contributed by atoms with Crippen LogP contribution in [-0.4, -0.2) is 21.8 Å². The zero-order valence-electron chi connectivity index (χ0n) is 18.0. The van der Waals surface area contributed by atoms with E-state index in [9.17, 15) is 9.59 Å². The second-order valence-corrected chi connectivity index (χ2v) is 10.3. The fraction of sp³-hybridized carbons (Fsp3) is 0.0400. The molecule has 0 aliphatic rings. The molecule has 3 aromatic carbocycles. The number of nitrogens with zero attached hydrogens (tertiary/aromatic N) is 3. The average molecular weight is 710 g/mol. The highest BCUT2D eigenvalue weighted by molar-refractivity contribution is 14.1. The summed E-state index contributed by atoms with van der Waals surface area (Å²) in [5.41, 5.74) is 1.54. The smallest absolute Gasteiger partial charge is 0.308 e. The van der Waals surface area contributed by atoms with Crippen molar-refractivity contribution in [3.8, 4) is 17.3 Å². The van der Waals surface area contributed by atoms with Gasteiger partial charge in [0.1, 0.15) is 5.58 Å². The zero-order chi connectivity index (χ0) is 24.7. The van der Waals surface area contributed by atoms with E-state index >= 15 is 0 Å². The van der Waals surface area contributed by atoms with Crippen LogP contribution in [0.3, 0.4) is 0 Å². The van der Waals surface area contributed by atoms with Gasteiger partial charge in [0.15, 0.2) is 11.5 Å². The van der Waals surface area contributed by atoms with Gasteiger partial charge in [-0.15, -0.1) is 0 Å². The van der Waals surface area contributed by atoms with E-state index in [0.717, 1.165) is 18.1 Å². The number of carbonyl (C=O) groups is 1. The van der Waals surface area contributed by atoms with Gasteiger partial charge in [0.2, 0.25) is 5.82 Å². The topological polar surface area (TPSA) is 86.7 Å². The van der Waals surface area contributed by atoms with Gasteiger partial charge < -0.3 is 9.15 Å². The predicted octanol–water partition coefficient (Wildman–Crippen LogP) is 6.48. The van der Waals surface area contributed by atoms with Gasteiger partial charge in [0.05, 0.1) is 24.3 Å². The molecule has 5 rings (SSSR count). The largest absolute Gasteiger partial charge is 0.453 e. The Labute approximate surface area is 231 Å². The lowest BCUT2D eigenvalue weighted by molar-refractivity contribution is -0.132. The normalized spacial score (nSPS) is 11.5. The second-order valence-electron chi connectivity index (χ2n) is 7.51. The van der Waals surface area contributed by atoms with Crippen molar-refractivity contribution in [1.29, 1.82) is 0 Å². The number of carbonyl (C=O) groups excluding carboxylic acids is 1. The van der Waals surface area contributed by atoms with Gasteiger partial charge >= 0.3 is 5.97 Å². The molecule has 0 atom stereocenters. The van der Waals surface area contributed by atoms with E-state index in [-0.39, 0.29) is 11.4 Å². The number of hydrogen-bond acceptors (Lipinski definition) is 6. The first kappa shape index (κ1) is 23.9. The van der Waals surface area contributed by atoms with Crippen LogP contribution in [-0.2, 0) is 4.79 Å². The predicted molar refractivity (Wildman–Crippen MR) is 152 cm³/mol. The zero-order valence-corrected chi connectivity index (χ0v) is 23.0. The summed E-state index contributed by atoms with van der Waals surface area (Å²) < 4.78 is 14.0. The lowest BCUT2D eigenvalue weighted by Gasteiger charge is -2.09. The van der Waals surface area contributed by atoms with Crippen LogP contribution in [0.5, 0.6) is 5.75 Å². The third-order valence-corrected chi connectivity index (χ3v) is 6.88. The van der Waals surface area contributed by atoms with Crippen molar-refractivity contribution in [3.63, 3.8) is 0 Å².